The van der Waals surface area contributed by atoms with Crippen molar-refractivity contribution >= 4 is 0 Å². The van der Waals surface area contributed by atoms with Crippen LogP contribution in [0.25, 0.3) is 0 Å². The van der Waals surface area contributed by atoms with Crippen LogP contribution in [0.15, 0.2) is 78.9 Å². The highest BCUT2D eigenvalue weighted by molar-refractivity contribution is 5.34. The average Bonchev–Trinajstić information content (AvgIpc) is 3.47. The van der Waals surface area contributed by atoms with Gasteiger partial charge in [0.2, 0.25) is 0 Å². The average molecular weight is 655 g/mol. The van der Waals surface area contributed by atoms with E-state index >= 15 is 0 Å². The summed E-state index contributed by atoms with van der Waals surface area (Å²) >= 11 is 0. The van der Waals surface area contributed by atoms with Crippen molar-refractivity contribution in [3.05, 3.63) is 107 Å². The lowest BCUT2D eigenvalue weighted by Crippen LogP contribution is -3.00. The number of nitrogens with zero attached hydrogens (tertiary/aromatic N) is 1. The highest BCUT2D eigenvalue weighted by atomic mass is 79.9. The monoisotopic (exact) mass is 653 g/mol. The summed E-state index contributed by atoms with van der Waals surface area (Å²) < 4.78 is 89.3. The second-order valence-electron chi connectivity index (χ2n) is 12.5. The quantitative estimate of drug-likeness (QED) is 0.249. The Balaban J connectivity index is 0.00000353. The molecule has 226 valence electrons. The molecule has 0 unspecified atom stereocenters. The number of hydrogen-bond acceptors (Lipinski definition) is 1. The summed E-state index contributed by atoms with van der Waals surface area (Å²) in [6, 6.07) is 21.8. The van der Waals surface area contributed by atoms with Crippen LogP contribution in [0, 0.1) is 17.8 Å². The third-order valence-corrected chi connectivity index (χ3v) is 10.4. The van der Waals surface area contributed by atoms with Crippen LogP contribution >= 0.6 is 0 Å². The van der Waals surface area contributed by atoms with Gasteiger partial charge in [0.25, 0.3) is 0 Å². The smallest absolute Gasteiger partial charge is 0.416 e. The van der Waals surface area contributed by atoms with Gasteiger partial charge in [0, 0.05) is 17.4 Å². The van der Waals surface area contributed by atoms with Gasteiger partial charge in [-0.1, -0.05) is 67.6 Å². The van der Waals surface area contributed by atoms with Crippen LogP contribution in [0.5, 0.6) is 0 Å². The van der Waals surface area contributed by atoms with Crippen molar-refractivity contribution in [2.45, 2.75) is 63.3 Å². The van der Waals surface area contributed by atoms with Crippen LogP contribution in [0.2, 0.25) is 0 Å². The SMILES string of the molecule is C[C@@H]1C[N@@+]2(Cc3ccccc3)C[C@](OCc3cc(C(F)(F)F)cc(C(F)(F)F)c3)(c3ccccc3)[C@H]3CC[C@@H]1[C@]32C.[Br-]. The number of rotatable bonds is 6. The molecule has 9 heteroatoms. The summed E-state index contributed by atoms with van der Waals surface area (Å²) in [5.41, 5.74) is -1.62. The predicted octanol–water partition coefficient (Wildman–Crippen LogP) is 5.61. The Morgan fingerprint density at radius 3 is 1.95 bits per heavy atom. The fourth-order valence-corrected chi connectivity index (χ4v) is 8.89. The normalized spacial score (nSPS) is 32.0. The second kappa shape index (κ2) is 10.7. The molecule has 2 heterocycles. The van der Waals surface area contributed by atoms with Crippen molar-refractivity contribution in [3.63, 3.8) is 0 Å². The lowest BCUT2D eigenvalue weighted by atomic mass is 9.73. The van der Waals surface area contributed by atoms with E-state index in [-0.39, 0.29) is 46.7 Å². The molecular formula is C33H34BrF6NO. The predicted molar refractivity (Wildman–Crippen MR) is 143 cm³/mol. The topological polar surface area (TPSA) is 9.23 Å². The van der Waals surface area contributed by atoms with E-state index in [2.05, 4.69) is 26.0 Å². The van der Waals surface area contributed by atoms with E-state index in [0.29, 0.717) is 18.4 Å². The first kappa shape index (κ1) is 31.1. The zero-order valence-corrected chi connectivity index (χ0v) is 25.1. The molecule has 42 heavy (non-hydrogen) atoms. The Labute approximate surface area is 253 Å². The summed E-state index contributed by atoms with van der Waals surface area (Å²) in [6.45, 7) is 6.68. The molecule has 3 aliphatic rings. The Kier molecular flexibility index (Phi) is 7.89. The summed E-state index contributed by atoms with van der Waals surface area (Å²) in [5, 5.41) is 0. The summed E-state index contributed by atoms with van der Waals surface area (Å²) in [4.78, 5) is 0. The molecule has 3 fully saturated rings. The molecule has 0 spiro atoms. The van der Waals surface area contributed by atoms with Crippen LogP contribution in [-0.2, 0) is 35.8 Å². The molecule has 1 saturated carbocycles. The minimum absolute atomic E-state index is 0. The lowest BCUT2D eigenvalue weighted by molar-refractivity contribution is -0.968. The Hall–Kier alpha value is -2.36. The molecule has 3 aromatic carbocycles. The Bertz CT molecular complexity index is 1380. The highest BCUT2D eigenvalue weighted by Gasteiger charge is 2.78. The van der Waals surface area contributed by atoms with Gasteiger partial charge in [0.1, 0.15) is 18.6 Å². The number of hydrogen-bond donors (Lipinski definition) is 0. The molecule has 0 amide bonds. The molecule has 6 rings (SSSR count). The summed E-state index contributed by atoms with van der Waals surface area (Å²) in [5.74, 6) is 1.01. The van der Waals surface area contributed by atoms with Gasteiger partial charge < -0.3 is 26.2 Å². The van der Waals surface area contributed by atoms with Crippen molar-refractivity contribution in [3.8, 4) is 0 Å². The van der Waals surface area contributed by atoms with Crippen LogP contribution < -0.4 is 17.0 Å². The van der Waals surface area contributed by atoms with Gasteiger partial charge in [-0.05, 0) is 49.1 Å². The van der Waals surface area contributed by atoms with Crippen molar-refractivity contribution < 1.29 is 52.5 Å². The van der Waals surface area contributed by atoms with E-state index in [4.69, 9.17) is 4.74 Å². The molecular weight excluding hydrogens is 620 g/mol. The maximum absolute atomic E-state index is 13.6. The van der Waals surface area contributed by atoms with Gasteiger partial charge in [-0.2, -0.15) is 26.3 Å². The van der Waals surface area contributed by atoms with E-state index in [0.717, 1.165) is 48.1 Å². The number of quaternary nitrogens is 1. The molecule has 0 N–H and O–H groups in total. The first-order valence-corrected chi connectivity index (χ1v) is 14.2. The molecule has 6 atom stereocenters. The fourth-order valence-electron chi connectivity index (χ4n) is 8.89. The molecule has 0 aromatic heterocycles. The van der Waals surface area contributed by atoms with Crippen molar-refractivity contribution in [1.29, 1.82) is 0 Å². The van der Waals surface area contributed by atoms with Gasteiger partial charge in [0.15, 0.2) is 5.60 Å². The fraction of sp³-hybridized carbons (Fsp3) is 0.455. The molecule has 3 aromatic rings. The van der Waals surface area contributed by atoms with Crippen LogP contribution in [0.1, 0.15) is 54.5 Å². The van der Waals surface area contributed by atoms with Crippen LogP contribution in [0.4, 0.5) is 26.3 Å². The lowest BCUT2D eigenvalue weighted by Gasteiger charge is -2.43. The van der Waals surface area contributed by atoms with Gasteiger partial charge in [-0.3, -0.25) is 0 Å². The molecule has 2 nitrogen and oxygen atoms in total. The van der Waals surface area contributed by atoms with E-state index in [1.54, 1.807) is 0 Å². The number of benzene rings is 3. The first-order chi connectivity index (χ1) is 19.3. The second-order valence-corrected chi connectivity index (χ2v) is 12.5. The number of ether oxygens (including phenoxy) is 1. The largest absolute Gasteiger partial charge is 1.00 e. The maximum Gasteiger partial charge on any atom is 0.416 e. The highest BCUT2D eigenvalue weighted by Crippen LogP contribution is 2.68. The van der Waals surface area contributed by atoms with Crippen LogP contribution in [0.3, 0.4) is 0 Å². The zero-order valence-electron chi connectivity index (χ0n) is 23.5. The van der Waals surface area contributed by atoms with Gasteiger partial charge in [-0.15, -0.1) is 0 Å². The maximum atomic E-state index is 13.6. The number of alkyl halides is 6. The molecule has 0 radical (unpaired) electrons. The van der Waals surface area contributed by atoms with Crippen molar-refractivity contribution in [2.75, 3.05) is 13.1 Å². The van der Waals surface area contributed by atoms with E-state index in [9.17, 15) is 26.3 Å². The standard InChI is InChI=1S/C33H34F6NO.BrH/c1-22-18-40(19-23-9-5-3-6-10-23)21-31(25-11-7-4-8-12-25,29-14-13-28(22)30(29,40)2)41-20-24-15-26(32(34,35)36)17-27(16-24)33(37,38)39;/h3-12,15-17,22,28-29H,13-14,18-21H2,1-2H3;1H/q+1;/p-1/t22-,28+,29+,30-,31+,40-;/m1./s1. The van der Waals surface area contributed by atoms with Gasteiger partial charge >= 0.3 is 12.4 Å². The van der Waals surface area contributed by atoms with Crippen LogP contribution in [-0.4, -0.2) is 23.1 Å². The number of halogens is 7. The minimum atomic E-state index is -4.91. The third-order valence-electron chi connectivity index (χ3n) is 10.4. The third kappa shape index (κ3) is 4.89. The van der Waals surface area contributed by atoms with Gasteiger partial charge in [0.05, 0.1) is 30.2 Å². The van der Waals surface area contributed by atoms with Crippen molar-refractivity contribution in [2.24, 2.45) is 17.8 Å². The molecule has 0 bridgehead atoms. The zero-order chi connectivity index (χ0) is 29.3. The van der Waals surface area contributed by atoms with Gasteiger partial charge in [-0.25, -0.2) is 0 Å². The Morgan fingerprint density at radius 1 is 0.810 bits per heavy atom. The summed E-state index contributed by atoms with van der Waals surface area (Å²) in [6.07, 6.45) is -7.89. The first-order valence-electron chi connectivity index (χ1n) is 14.2. The molecule has 1 aliphatic carbocycles. The van der Waals surface area contributed by atoms with E-state index in [1.807, 2.05) is 48.5 Å². The van der Waals surface area contributed by atoms with E-state index < -0.39 is 29.1 Å². The Morgan fingerprint density at radius 2 is 1.38 bits per heavy atom. The molecule has 2 saturated heterocycles. The molecule has 2 aliphatic heterocycles. The van der Waals surface area contributed by atoms with E-state index in [1.165, 1.54) is 5.56 Å². The van der Waals surface area contributed by atoms with Crippen molar-refractivity contribution in [1.82, 2.24) is 0 Å². The minimum Gasteiger partial charge on any atom is -1.00 e. The summed E-state index contributed by atoms with van der Waals surface area (Å²) in [7, 11) is 0.